The zero-order valence-corrected chi connectivity index (χ0v) is 24.5. The van der Waals surface area contributed by atoms with Gasteiger partial charge in [0.15, 0.2) is 0 Å². The predicted octanol–water partition coefficient (Wildman–Crippen LogP) is 7.19. The van der Waals surface area contributed by atoms with Crippen molar-refractivity contribution in [2.75, 3.05) is 0 Å². The minimum absolute atomic E-state index is 0.249. The molecular weight excluding hydrogens is 575 g/mol. The van der Waals surface area contributed by atoms with E-state index in [2.05, 4.69) is 61.7 Å². The Balaban J connectivity index is 1.46. The van der Waals surface area contributed by atoms with E-state index in [1.54, 1.807) is 34.8 Å². The quantitative estimate of drug-likeness (QED) is 0.127. The van der Waals surface area contributed by atoms with Gasteiger partial charge < -0.3 is 4.57 Å². The molecule has 11 heteroatoms. The van der Waals surface area contributed by atoms with Crippen LogP contribution in [0.1, 0.15) is 28.7 Å². The molecule has 0 spiro atoms. The minimum atomic E-state index is 0.249. The molecule has 4 heterocycles. The zero-order chi connectivity index (χ0) is 27.8. The topological polar surface area (TPSA) is 114 Å². The van der Waals surface area contributed by atoms with Crippen molar-refractivity contribution in [3.63, 3.8) is 0 Å². The van der Waals surface area contributed by atoms with Crippen LogP contribution in [0.5, 0.6) is 0 Å². The van der Waals surface area contributed by atoms with Crippen LogP contribution in [-0.4, -0.2) is 24.7 Å². The lowest BCUT2D eigenvalue weighted by Crippen LogP contribution is -2.17. The van der Waals surface area contributed by atoms with Gasteiger partial charge in [0.25, 0.3) is 0 Å². The monoisotopic (exact) mass is 594 g/mol. The maximum atomic E-state index is 10.0. The molecule has 1 N–H and O–H groups in total. The first-order valence-corrected chi connectivity index (χ1v) is 15.1. The molecule has 0 bridgehead atoms. The summed E-state index contributed by atoms with van der Waals surface area (Å²) in [5, 5.41) is 28.1. The Morgan fingerprint density at radius 3 is 2.42 bits per heavy atom. The van der Waals surface area contributed by atoms with Gasteiger partial charge in [-0.05, 0) is 42.8 Å². The van der Waals surface area contributed by atoms with Crippen molar-refractivity contribution in [2.45, 2.75) is 19.9 Å². The molecule has 5 aromatic rings. The van der Waals surface area contributed by atoms with Gasteiger partial charge in [-0.2, -0.15) is 19.3 Å². The van der Waals surface area contributed by atoms with Crippen molar-refractivity contribution in [1.82, 2.24) is 13.3 Å². The van der Waals surface area contributed by atoms with Gasteiger partial charge in [-0.1, -0.05) is 35.6 Å². The van der Waals surface area contributed by atoms with E-state index in [1.165, 1.54) is 0 Å². The number of aromatic nitrogens is 3. The minimum Gasteiger partial charge on any atom is -0.339 e. The summed E-state index contributed by atoms with van der Waals surface area (Å²) < 4.78 is 17.4. The standard InChI is InChI=1S/C29H19N7S4/c1-2-9-36-24-12-18(10-16(14-30)20-5-3-7-22(32)26(20)33-37)38-28(24)29-25(36)13-19(39-29)11-17(15-31)21-6-4-8-23-27(21)35-40-34-23/h3-8,10-13,32,37H,2,9H2,1H3/p+1/b16-10+,17-11+,32-22?,33-26?. The number of allylic oxidation sites excluding steroid dienone is 6. The number of nitriles is 2. The molecule has 7 nitrogen and oxygen atoms in total. The van der Waals surface area contributed by atoms with Crippen molar-refractivity contribution in [3.8, 4) is 12.1 Å². The number of fused-ring (bicyclic) bond motifs is 4. The molecule has 4 aromatic heterocycles. The van der Waals surface area contributed by atoms with Crippen LogP contribution in [0.3, 0.4) is 0 Å². The number of nitrogens with one attached hydrogen (secondary N) is 1. The molecule has 0 unspecified atom stereocenters. The second kappa shape index (κ2) is 10.8. The Bertz CT molecular complexity index is 2080. The van der Waals surface area contributed by atoms with Crippen molar-refractivity contribution in [1.29, 1.82) is 15.9 Å². The van der Waals surface area contributed by atoms with E-state index < -0.39 is 0 Å². The summed E-state index contributed by atoms with van der Waals surface area (Å²) in [5.41, 5.74) is 6.89. The van der Waals surface area contributed by atoms with E-state index in [-0.39, 0.29) is 5.71 Å². The summed E-state index contributed by atoms with van der Waals surface area (Å²) in [6.45, 7) is 3.01. The summed E-state index contributed by atoms with van der Waals surface area (Å²) in [6, 6.07) is 14.6. The Hall–Kier alpha value is -4.13. The molecule has 0 radical (unpaired) electrons. The summed E-state index contributed by atoms with van der Waals surface area (Å²) in [4.78, 5) is 1.95. The lowest BCUT2D eigenvalue weighted by atomic mass is 9.94. The highest BCUT2D eigenvalue weighted by Crippen LogP contribution is 2.42. The van der Waals surface area contributed by atoms with Crippen molar-refractivity contribution in [2.24, 2.45) is 4.40 Å². The second-order valence-corrected chi connectivity index (χ2v) is 11.9. The van der Waals surface area contributed by atoms with Crippen molar-refractivity contribution < 1.29 is 0 Å². The van der Waals surface area contributed by atoms with Crippen molar-refractivity contribution in [3.05, 3.63) is 75.0 Å². The summed E-state index contributed by atoms with van der Waals surface area (Å²) in [7, 11) is 0. The van der Waals surface area contributed by atoms with Gasteiger partial charge in [-0.25, -0.2) is 0 Å². The summed E-state index contributed by atoms with van der Waals surface area (Å²) in [6.07, 6.45) is 9.99. The van der Waals surface area contributed by atoms with Gasteiger partial charge in [-0.3, -0.25) is 5.41 Å². The van der Waals surface area contributed by atoms with Crippen LogP contribution in [0.2, 0.25) is 0 Å². The molecule has 1 aromatic carbocycles. The smallest absolute Gasteiger partial charge is 0.147 e. The van der Waals surface area contributed by atoms with Gasteiger partial charge in [0.1, 0.15) is 16.7 Å². The molecule has 40 heavy (non-hydrogen) atoms. The van der Waals surface area contributed by atoms with E-state index in [9.17, 15) is 10.5 Å². The Morgan fingerprint density at radius 1 is 1.07 bits per heavy atom. The molecule has 1 aliphatic carbocycles. The normalized spacial score (nSPS) is 15.3. The predicted molar refractivity (Wildman–Crippen MR) is 173 cm³/mol. The van der Waals surface area contributed by atoms with Crippen LogP contribution in [-0.2, 0) is 19.4 Å². The highest BCUT2D eigenvalue weighted by Gasteiger charge is 2.21. The molecule has 0 saturated heterocycles. The van der Waals surface area contributed by atoms with E-state index in [0.29, 0.717) is 22.4 Å². The van der Waals surface area contributed by atoms with E-state index >= 15 is 0 Å². The van der Waals surface area contributed by atoms with Crippen molar-refractivity contribution >= 4 is 108 Å². The first kappa shape index (κ1) is 26.1. The molecule has 1 aliphatic rings. The number of hydrogen-bond acceptors (Lipinski definition) is 9. The molecule has 0 saturated carbocycles. The number of rotatable bonds is 6. The first-order valence-electron chi connectivity index (χ1n) is 12.3. The van der Waals surface area contributed by atoms with Crippen LogP contribution >= 0.6 is 34.4 Å². The maximum absolute atomic E-state index is 10.0. The number of benzene rings is 1. The number of aryl methyl sites for hydroxylation is 1. The fourth-order valence-electron chi connectivity index (χ4n) is 4.79. The molecule has 0 aliphatic heterocycles. The summed E-state index contributed by atoms with van der Waals surface area (Å²) in [5.74, 6) is 0. The Labute approximate surface area is 247 Å². The fraction of sp³-hybridized carbons (Fsp3) is 0.103. The lowest BCUT2D eigenvalue weighted by molar-refractivity contribution is 0.724. The average Bonchev–Trinajstić information content (AvgIpc) is 3.74. The van der Waals surface area contributed by atoms with Gasteiger partial charge in [0.2, 0.25) is 0 Å². The molecule has 0 atom stereocenters. The highest BCUT2D eigenvalue weighted by molar-refractivity contribution is 7.57. The molecular formula is C29H20N7S4+. The van der Waals surface area contributed by atoms with Crippen LogP contribution in [0.25, 0.3) is 49.2 Å². The third-order valence-corrected chi connectivity index (χ3v) is 9.60. The zero-order valence-electron chi connectivity index (χ0n) is 21.1. The average molecular weight is 595 g/mol. The van der Waals surface area contributed by atoms with Crippen LogP contribution < -0.4 is 0 Å². The Kier molecular flexibility index (Phi) is 7.05. The summed E-state index contributed by atoms with van der Waals surface area (Å²) >= 11 is 7.60. The van der Waals surface area contributed by atoms with Gasteiger partial charge in [0, 0.05) is 27.4 Å². The third-order valence-electron chi connectivity index (χ3n) is 6.53. The largest absolute Gasteiger partial charge is 0.339 e. The lowest BCUT2D eigenvalue weighted by Gasteiger charge is -2.09. The fourth-order valence-corrected chi connectivity index (χ4v) is 7.94. The van der Waals surface area contributed by atoms with E-state index in [1.807, 2.05) is 36.4 Å². The molecule has 0 fully saturated rings. The maximum Gasteiger partial charge on any atom is 0.147 e. The van der Waals surface area contributed by atoms with Crippen LogP contribution in [0, 0.1) is 28.1 Å². The van der Waals surface area contributed by atoms with E-state index in [4.69, 9.17) is 5.41 Å². The Morgan fingerprint density at radius 2 is 1.77 bits per heavy atom. The van der Waals surface area contributed by atoms with Crippen LogP contribution in [0.15, 0.2) is 64.1 Å². The number of nitrogens with zero attached hydrogens (tertiary/aromatic N) is 6. The second-order valence-electron chi connectivity index (χ2n) is 8.97. The third kappa shape index (κ3) is 4.43. The van der Waals surface area contributed by atoms with Gasteiger partial charge in [0.05, 0.1) is 74.0 Å². The molecule has 6 rings (SSSR count). The van der Waals surface area contributed by atoms with Gasteiger partial charge in [-0.15, -0.1) is 22.7 Å². The first-order chi connectivity index (χ1) is 19.6. The van der Waals surface area contributed by atoms with E-state index in [0.717, 1.165) is 71.5 Å². The number of thiophene rings is 2. The SMILES string of the molecule is CCCn1c2cc(/C=C(\C#N)C3=CC=CC(=N)C3=N[SH2+])sc2c2sc(/C=C(\C#N)c3cccc4nsnc34)cc21. The highest BCUT2D eigenvalue weighted by atomic mass is 32.1. The molecule has 0 amide bonds. The van der Waals surface area contributed by atoms with Crippen LogP contribution in [0.4, 0.5) is 0 Å². The van der Waals surface area contributed by atoms with Gasteiger partial charge >= 0.3 is 0 Å². The number of hydrogen-bond donors (Lipinski definition) is 1. The molecule has 194 valence electrons.